The monoisotopic (exact) mass is 467 g/mol. The Hall–Kier alpha value is -3.03. The van der Waals surface area contributed by atoms with Gasteiger partial charge < -0.3 is 15.5 Å². The summed E-state index contributed by atoms with van der Waals surface area (Å²) >= 11 is 5.92. The van der Waals surface area contributed by atoms with Crippen LogP contribution in [-0.4, -0.2) is 40.4 Å². The maximum Gasteiger partial charge on any atom is 0.248 e. The van der Waals surface area contributed by atoms with Crippen molar-refractivity contribution in [2.24, 2.45) is 0 Å². The molecule has 1 aliphatic rings. The molecule has 3 aromatic rings. The van der Waals surface area contributed by atoms with E-state index in [0.29, 0.717) is 17.4 Å². The first-order chi connectivity index (χ1) is 16.0. The highest BCUT2D eigenvalue weighted by molar-refractivity contribution is 6.31. The van der Waals surface area contributed by atoms with Crippen LogP contribution in [0.2, 0.25) is 5.02 Å². The lowest BCUT2D eigenvalue weighted by Crippen LogP contribution is -2.23. The number of nitrogens with zero attached hydrogens (tertiary/aromatic N) is 3. The number of rotatable bonds is 9. The Bertz CT molecular complexity index is 1190. The summed E-state index contributed by atoms with van der Waals surface area (Å²) in [5.74, 6) is 0.326. The zero-order chi connectivity index (χ0) is 23.4. The molecule has 0 aliphatic heterocycles. The van der Waals surface area contributed by atoms with E-state index in [1.54, 1.807) is 12.1 Å². The molecule has 0 saturated heterocycles. The van der Waals surface area contributed by atoms with Crippen LogP contribution in [0.15, 0.2) is 48.8 Å². The third kappa shape index (κ3) is 5.67. The van der Waals surface area contributed by atoms with Gasteiger partial charge in [0.15, 0.2) is 0 Å². The molecule has 8 heteroatoms. The predicted molar refractivity (Wildman–Crippen MR) is 132 cm³/mol. The summed E-state index contributed by atoms with van der Waals surface area (Å²) in [6.45, 7) is 6.81. The van der Waals surface area contributed by atoms with E-state index in [4.69, 9.17) is 11.6 Å². The number of fused-ring (bicyclic) bond motifs is 1. The summed E-state index contributed by atoms with van der Waals surface area (Å²) in [6, 6.07) is 8.33. The molecule has 172 valence electrons. The molecule has 0 bridgehead atoms. The summed E-state index contributed by atoms with van der Waals surface area (Å²) < 4.78 is 13.5. The van der Waals surface area contributed by atoms with Gasteiger partial charge in [-0.2, -0.15) is 0 Å². The van der Waals surface area contributed by atoms with Gasteiger partial charge in [0.05, 0.1) is 10.5 Å². The normalized spacial score (nSPS) is 13.7. The number of anilines is 3. The molecule has 2 aromatic carbocycles. The largest absolute Gasteiger partial charge is 0.340 e. The molecule has 1 fully saturated rings. The minimum absolute atomic E-state index is 0.0267. The second kappa shape index (κ2) is 10.3. The van der Waals surface area contributed by atoms with Crippen LogP contribution in [0, 0.1) is 5.82 Å². The first-order valence-electron chi connectivity index (χ1n) is 11.2. The molecule has 0 radical (unpaired) electrons. The van der Waals surface area contributed by atoms with Crippen LogP contribution < -0.4 is 10.6 Å². The lowest BCUT2D eigenvalue weighted by molar-refractivity contribution is -0.111. The van der Waals surface area contributed by atoms with E-state index in [1.807, 2.05) is 18.2 Å². The van der Waals surface area contributed by atoms with E-state index in [-0.39, 0.29) is 10.9 Å². The lowest BCUT2D eigenvalue weighted by atomic mass is 10.0. The maximum atomic E-state index is 13.5. The fourth-order valence-electron chi connectivity index (χ4n) is 3.73. The Morgan fingerprint density at radius 2 is 2.00 bits per heavy atom. The zero-order valence-electron chi connectivity index (χ0n) is 18.7. The van der Waals surface area contributed by atoms with Crippen LogP contribution >= 0.6 is 11.6 Å². The number of nitrogens with one attached hydrogen (secondary N) is 2. The summed E-state index contributed by atoms with van der Waals surface area (Å²) in [4.78, 5) is 23.6. The number of halogens is 2. The van der Waals surface area contributed by atoms with Gasteiger partial charge in [-0.05, 0) is 67.7 Å². The van der Waals surface area contributed by atoms with E-state index in [1.165, 1.54) is 18.5 Å². The molecular formula is C25H27ClFN5O. The number of likely N-dealkylation sites (N-methyl/N-ethyl adjacent to an activating group) is 1. The topological polar surface area (TPSA) is 70.2 Å². The highest BCUT2D eigenvalue weighted by Crippen LogP contribution is 2.45. The predicted octanol–water partition coefficient (Wildman–Crippen LogP) is 5.88. The number of carbonyl (C=O) groups excluding carboxylic acids is 1. The van der Waals surface area contributed by atoms with Gasteiger partial charge in [0.2, 0.25) is 5.91 Å². The molecule has 0 unspecified atom stereocenters. The van der Waals surface area contributed by atoms with Crippen LogP contribution in [0.4, 0.5) is 21.6 Å². The highest BCUT2D eigenvalue weighted by atomic mass is 35.5. The molecule has 1 aromatic heterocycles. The van der Waals surface area contributed by atoms with E-state index in [9.17, 15) is 9.18 Å². The van der Waals surface area contributed by atoms with Crippen molar-refractivity contribution in [3.05, 3.63) is 65.2 Å². The highest BCUT2D eigenvalue weighted by Gasteiger charge is 2.27. The molecule has 6 nitrogen and oxygen atoms in total. The van der Waals surface area contributed by atoms with Crippen LogP contribution in [-0.2, 0) is 4.79 Å². The van der Waals surface area contributed by atoms with Crippen LogP contribution in [0.1, 0.15) is 38.2 Å². The van der Waals surface area contributed by atoms with Crippen molar-refractivity contribution in [2.75, 3.05) is 30.3 Å². The molecule has 1 amide bonds. The Labute approximate surface area is 197 Å². The third-order valence-corrected chi connectivity index (χ3v) is 6.08. The van der Waals surface area contributed by atoms with Gasteiger partial charge in [0, 0.05) is 29.4 Å². The standard InChI is InChI=1S/C25H27ClFN5O/c1-3-32(4-2)11-5-6-24(33)31-23-14-19-22(13-18(23)16-7-8-16)28-15-29-25(19)30-17-9-10-21(27)20(26)12-17/h5-6,9-10,12-16H,3-4,7-8,11H2,1-2H3,(H,31,33)(H,28,29,30)/b6-5+. The smallest absolute Gasteiger partial charge is 0.248 e. The molecule has 33 heavy (non-hydrogen) atoms. The van der Waals surface area contributed by atoms with E-state index < -0.39 is 5.82 Å². The summed E-state index contributed by atoms with van der Waals surface area (Å²) in [5.41, 5.74) is 3.23. The summed E-state index contributed by atoms with van der Waals surface area (Å²) in [5, 5.41) is 7.01. The van der Waals surface area contributed by atoms with Crippen molar-refractivity contribution in [3.63, 3.8) is 0 Å². The van der Waals surface area contributed by atoms with Gasteiger partial charge in [0.25, 0.3) is 0 Å². The number of hydrogen-bond donors (Lipinski definition) is 2. The average Bonchev–Trinajstić information content (AvgIpc) is 3.64. The number of carbonyl (C=O) groups is 1. The molecule has 1 aliphatic carbocycles. The van der Waals surface area contributed by atoms with Crippen molar-refractivity contribution < 1.29 is 9.18 Å². The van der Waals surface area contributed by atoms with Gasteiger partial charge in [-0.1, -0.05) is 31.5 Å². The number of aromatic nitrogens is 2. The van der Waals surface area contributed by atoms with Crippen molar-refractivity contribution in [1.29, 1.82) is 0 Å². The first kappa shape index (κ1) is 23.1. The maximum absolute atomic E-state index is 13.5. The van der Waals surface area contributed by atoms with E-state index in [2.05, 4.69) is 39.3 Å². The molecule has 1 heterocycles. The molecule has 1 saturated carbocycles. The van der Waals surface area contributed by atoms with E-state index in [0.717, 1.165) is 54.6 Å². The number of benzene rings is 2. The molecular weight excluding hydrogens is 441 g/mol. The third-order valence-electron chi connectivity index (χ3n) is 5.79. The van der Waals surface area contributed by atoms with Crippen molar-refractivity contribution in [2.45, 2.75) is 32.6 Å². The summed E-state index contributed by atoms with van der Waals surface area (Å²) in [6.07, 6.45) is 7.14. The second-order valence-electron chi connectivity index (χ2n) is 8.08. The minimum Gasteiger partial charge on any atom is -0.340 e. The Kier molecular flexibility index (Phi) is 7.20. The Balaban J connectivity index is 1.62. The Morgan fingerprint density at radius 3 is 2.70 bits per heavy atom. The summed E-state index contributed by atoms with van der Waals surface area (Å²) in [7, 11) is 0. The molecule has 4 rings (SSSR count). The second-order valence-corrected chi connectivity index (χ2v) is 8.49. The van der Waals surface area contributed by atoms with Gasteiger partial charge >= 0.3 is 0 Å². The first-order valence-corrected chi connectivity index (χ1v) is 11.6. The van der Waals surface area contributed by atoms with E-state index >= 15 is 0 Å². The average molecular weight is 468 g/mol. The molecule has 2 N–H and O–H groups in total. The van der Waals surface area contributed by atoms with Gasteiger partial charge in [-0.15, -0.1) is 0 Å². The van der Waals surface area contributed by atoms with Gasteiger partial charge in [-0.25, -0.2) is 14.4 Å². The molecule has 0 spiro atoms. The van der Waals surface area contributed by atoms with Crippen LogP contribution in [0.25, 0.3) is 10.9 Å². The van der Waals surface area contributed by atoms with Crippen LogP contribution in [0.3, 0.4) is 0 Å². The van der Waals surface area contributed by atoms with Gasteiger partial charge in [-0.3, -0.25) is 4.79 Å². The fourth-order valence-corrected chi connectivity index (χ4v) is 3.92. The van der Waals surface area contributed by atoms with Crippen molar-refractivity contribution >= 4 is 45.6 Å². The van der Waals surface area contributed by atoms with Crippen LogP contribution in [0.5, 0.6) is 0 Å². The van der Waals surface area contributed by atoms with Crippen molar-refractivity contribution in [3.8, 4) is 0 Å². The fraction of sp³-hybridized carbons (Fsp3) is 0.320. The SMILES string of the molecule is CCN(CC)C/C=C/C(=O)Nc1cc2c(Nc3ccc(F)c(Cl)c3)ncnc2cc1C1CC1. The molecule has 0 atom stereocenters. The van der Waals surface area contributed by atoms with Gasteiger partial charge in [0.1, 0.15) is 18.0 Å². The number of hydrogen-bond acceptors (Lipinski definition) is 5. The van der Waals surface area contributed by atoms with Crippen molar-refractivity contribution in [1.82, 2.24) is 14.9 Å². The number of amides is 1. The minimum atomic E-state index is -0.483. The quantitative estimate of drug-likeness (QED) is 0.384. The Morgan fingerprint density at radius 1 is 1.21 bits per heavy atom. The lowest BCUT2D eigenvalue weighted by Gasteiger charge is -2.15. The zero-order valence-corrected chi connectivity index (χ0v) is 19.5.